The molecule has 2 aliphatic heterocycles. The maximum Gasteiger partial charge on any atom is 2.00 e. The van der Waals surface area contributed by atoms with E-state index in [1.807, 2.05) is 0 Å². The van der Waals surface area contributed by atoms with Gasteiger partial charge in [-0.25, -0.2) is 9.97 Å². The van der Waals surface area contributed by atoms with E-state index in [0.29, 0.717) is 45.9 Å². The molecule has 9 heteroatoms. The van der Waals surface area contributed by atoms with Crippen LogP contribution >= 0.6 is 0 Å². The molecular weight excluding hydrogens is 411 g/mol. The van der Waals surface area contributed by atoms with E-state index in [1.54, 1.807) is 48.6 Å². The van der Waals surface area contributed by atoms with Crippen LogP contribution in [0.1, 0.15) is 23.3 Å². The molecule has 25 heavy (non-hydrogen) atoms. The first-order chi connectivity index (χ1) is 11.8. The van der Waals surface area contributed by atoms with Crippen molar-refractivity contribution >= 4 is 46.9 Å². The minimum Gasteiger partial charge on any atom is -0.358 e. The van der Waals surface area contributed by atoms with Gasteiger partial charge in [0.05, 0.1) is 23.3 Å². The molecule has 5 heterocycles. The average Bonchev–Trinajstić information content (AvgIpc) is 3.32. The van der Waals surface area contributed by atoms with Gasteiger partial charge in [-0.15, -0.1) is 0 Å². The molecule has 0 spiro atoms. The Labute approximate surface area is 154 Å². The minimum absolute atomic E-state index is 0. The zero-order valence-corrected chi connectivity index (χ0v) is 14.1. The predicted octanol–water partition coefficient (Wildman–Crippen LogP) is 1.49. The summed E-state index contributed by atoms with van der Waals surface area (Å²) in [5.74, 6) is 2.15. The Balaban J connectivity index is 0.00000157. The van der Waals surface area contributed by atoms with E-state index in [2.05, 4.69) is 39.9 Å². The van der Waals surface area contributed by atoms with E-state index in [-0.39, 0.29) is 20.4 Å². The summed E-state index contributed by atoms with van der Waals surface area (Å²) in [7, 11) is 0. The van der Waals surface area contributed by atoms with Gasteiger partial charge in [-0.05, 0) is 48.6 Å². The molecule has 0 saturated carbocycles. The van der Waals surface area contributed by atoms with Gasteiger partial charge in [0.2, 0.25) is 0 Å². The Morgan fingerprint density at radius 2 is 0.720 bits per heavy atom. The van der Waals surface area contributed by atoms with Crippen LogP contribution in [0, 0.1) is 0 Å². The first kappa shape index (κ1) is 15.5. The SMILES string of the molecule is C1=Cc2nc1nc1ccc(nc3nc(nc4ccc(n2)[n-]4)C=C3)[n-]1.[Pd+2]. The Morgan fingerprint density at radius 3 is 1.00 bits per heavy atom. The maximum atomic E-state index is 4.37. The summed E-state index contributed by atoms with van der Waals surface area (Å²) in [4.78, 5) is 34.8. The zero-order valence-electron chi connectivity index (χ0n) is 12.5. The van der Waals surface area contributed by atoms with Crippen molar-refractivity contribution in [2.24, 2.45) is 0 Å². The second-order valence-corrected chi connectivity index (χ2v) is 5.09. The molecule has 0 aromatic carbocycles. The van der Waals surface area contributed by atoms with Gasteiger partial charge in [0.15, 0.2) is 0 Å². The number of hydrogen-bond donors (Lipinski definition) is 0. The predicted molar refractivity (Wildman–Crippen MR) is 88.0 cm³/mol. The number of aromatic nitrogens is 8. The summed E-state index contributed by atoms with van der Waals surface area (Å²) in [6.07, 6.45) is 7.12. The summed E-state index contributed by atoms with van der Waals surface area (Å²) in [6.45, 7) is 0. The molecule has 0 fully saturated rings. The van der Waals surface area contributed by atoms with Gasteiger partial charge in [0.25, 0.3) is 0 Å². The molecule has 2 aliphatic rings. The quantitative estimate of drug-likeness (QED) is 0.348. The molecule has 0 amide bonds. The number of hydrogen-bond acceptors (Lipinski definition) is 6. The van der Waals surface area contributed by atoms with Crippen LogP contribution in [0.5, 0.6) is 0 Å². The fourth-order valence-corrected chi connectivity index (χ4v) is 2.33. The molecular formula is C16H8N8Pd. The Kier molecular flexibility index (Phi) is 3.80. The van der Waals surface area contributed by atoms with Crippen LogP contribution < -0.4 is 9.97 Å². The van der Waals surface area contributed by atoms with E-state index in [9.17, 15) is 0 Å². The second-order valence-electron chi connectivity index (χ2n) is 5.09. The zero-order chi connectivity index (χ0) is 15.9. The van der Waals surface area contributed by atoms with Crippen LogP contribution in [0.2, 0.25) is 0 Å². The molecule has 3 aromatic rings. The largest absolute Gasteiger partial charge is 2.00 e. The van der Waals surface area contributed by atoms with Crippen LogP contribution in [0.15, 0.2) is 24.3 Å². The van der Waals surface area contributed by atoms with Gasteiger partial charge in [-0.2, -0.15) is 0 Å². The van der Waals surface area contributed by atoms with Crippen LogP contribution in [0.3, 0.4) is 0 Å². The van der Waals surface area contributed by atoms with Gasteiger partial charge in [0, 0.05) is 22.6 Å². The summed E-state index contributed by atoms with van der Waals surface area (Å²) in [5, 5.41) is 0. The van der Waals surface area contributed by atoms with Crippen molar-refractivity contribution in [1.82, 2.24) is 39.9 Å². The third-order valence-electron chi connectivity index (χ3n) is 3.36. The summed E-state index contributed by atoms with van der Waals surface area (Å²) in [5.41, 5.74) is 2.15. The summed E-state index contributed by atoms with van der Waals surface area (Å²) < 4.78 is 0. The molecule has 0 unspecified atom stereocenters. The molecule has 0 radical (unpaired) electrons. The summed E-state index contributed by atoms with van der Waals surface area (Å²) in [6, 6.07) is 7.12. The van der Waals surface area contributed by atoms with Gasteiger partial charge in [0.1, 0.15) is 0 Å². The molecule has 0 N–H and O–H groups in total. The van der Waals surface area contributed by atoms with Crippen LogP contribution in [-0.4, -0.2) is 29.9 Å². The minimum atomic E-state index is 0. The van der Waals surface area contributed by atoms with Gasteiger partial charge < -0.3 is 29.9 Å². The summed E-state index contributed by atoms with van der Waals surface area (Å²) >= 11 is 0. The van der Waals surface area contributed by atoms with Crippen molar-refractivity contribution in [2.75, 3.05) is 0 Å². The molecule has 8 bridgehead atoms. The van der Waals surface area contributed by atoms with E-state index < -0.39 is 0 Å². The standard InChI is InChI=1S/C16H8N8.Pd/c1-2-10-17-9(1)21-11-3-4-13(18-11)23-15-7-8-16(20-15)24-14-6-5-12(19-14)22-10;/h1-8H;/q-2;+2. The fraction of sp³-hybridized carbons (Fsp3) is 0. The molecule has 0 atom stereocenters. The van der Waals surface area contributed by atoms with Crippen molar-refractivity contribution in [3.63, 3.8) is 0 Å². The number of rotatable bonds is 0. The van der Waals surface area contributed by atoms with Gasteiger partial charge >= 0.3 is 20.4 Å². The van der Waals surface area contributed by atoms with E-state index >= 15 is 0 Å². The van der Waals surface area contributed by atoms with Crippen molar-refractivity contribution in [2.45, 2.75) is 0 Å². The monoisotopic (exact) mass is 418 g/mol. The first-order valence-corrected chi connectivity index (χ1v) is 7.22. The molecule has 122 valence electrons. The topological polar surface area (TPSA) is 106 Å². The Bertz CT molecular complexity index is 997. The second kappa shape index (κ2) is 6.13. The molecule has 8 nitrogen and oxygen atoms in total. The Morgan fingerprint density at radius 1 is 0.440 bits per heavy atom. The third-order valence-corrected chi connectivity index (χ3v) is 3.36. The first-order valence-electron chi connectivity index (χ1n) is 7.22. The van der Waals surface area contributed by atoms with Crippen LogP contribution in [-0.2, 0) is 20.4 Å². The molecule has 3 aromatic heterocycles. The average molecular weight is 419 g/mol. The Hall–Kier alpha value is -3.02. The van der Waals surface area contributed by atoms with Crippen molar-refractivity contribution in [3.05, 3.63) is 47.6 Å². The maximum absolute atomic E-state index is 4.37. The van der Waals surface area contributed by atoms with Crippen molar-refractivity contribution in [1.29, 1.82) is 0 Å². The third kappa shape index (κ3) is 3.15. The van der Waals surface area contributed by atoms with Gasteiger partial charge in [-0.1, -0.05) is 0 Å². The van der Waals surface area contributed by atoms with E-state index in [1.165, 1.54) is 0 Å². The van der Waals surface area contributed by atoms with Crippen molar-refractivity contribution in [3.8, 4) is 0 Å². The number of nitrogens with zero attached hydrogens (tertiary/aromatic N) is 8. The number of fused-ring (bicyclic) bond motifs is 8. The molecule has 0 aliphatic carbocycles. The van der Waals surface area contributed by atoms with Crippen LogP contribution in [0.4, 0.5) is 0 Å². The van der Waals surface area contributed by atoms with Crippen LogP contribution in [0.25, 0.3) is 46.9 Å². The normalized spacial score (nSPS) is 12.2. The molecule has 0 saturated heterocycles. The van der Waals surface area contributed by atoms with Gasteiger partial charge in [-0.3, -0.25) is 0 Å². The fourth-order valence-electron chi connectivity index (χ4n) is 2.33. The van der Waals surface area contributed by atoms with Crippen molar-refractivity contribution < 1.29 is 20.4 Å². The smallest absolute Gasteiger partial charge is 0.358 e. The van der Waals surface area contributed by atoms with E-state index in [0.717, 1.165) is 0 Å². The van der Waals surface area contributed by atoms with E-state index in [4.69, 9.17) is 0 Å². The molecule has 5 rings (SSSR count).